The van der Waals surface area contributed by atoms with E-state index in [0.717, 1.165) is 17.1 Å². The van der Waals surface area contributed by atoms with Gasteiger partial charge in [-0.3, -0.25) is 4.79 Å². The van der Waals surface area contributed by atoms with Crippen LogP contribution in [0.5, 0.6) is 0 Å². The summed E-state index contributed by atoms with van der Waals surface area (Å²) in [5, 5.41) is 0. The van der Waals surface area contributed by atoms with Crippen LogP contribution in [0.2, 0.25) is 0 Å². The van der Waals surface area contributed by atoms with E-state index < -0.39 is 12.6 Å². The van der Waals surface area contributed by atoms with Crippen LogP contribution in [-0.4, -0.2) is 10.5 Å². The Morgan fingerprint density at radius 1 is 1.33 bits per heavy atom. The van der Waals surface area contributed by atoms with Crippen LogP contribution in [0.15, 0.2) is 30.3 Å². The largest absolute Gasteiger partial charge is 0.366 e. The van der Waals surface area contributed by atoms with Crippen molar-refractivity contribution < 1.29 is 9.18 Å². The summed E-state index contributed by atoms with van der Waals surface area (Å²) in [6.07, 6.45) is 0. The van der Waals surface area contributed by atoms with Crippen molar-refractivity contribution in [3.05, 3.63) is 52.8 Å². The van der Waals surface area contributed by atoms with Gasteiger partial charge in [-0.2, -0.15) is 0 Å². The summed E-state index contributed by atoms with van der Waals surface area (Å²) in [5.41, 5.74) is 8.74. The van der Waals surface area contributed by atoms with E-state index in [2.05, 4.69) is 0 Å². The molecule has 0 aliphatic carbocycles. The minimum Gasteiger partial charge on any atom is -0.366 e. The molecule has 0 unspecified atom stereocenters. The van der Waals surface area contributed by atoms with Crippen LogP contribution < -0.4 is 5.73 Å². The van der Waals surface area contributed by atoms with Crippen molar-refractivity contribution in [2.24, 2.45) is 5.73 Å². The molecule has 0 fully saturated rings. The lowest BCUT2D eigenvalue weighted by Gasteiger charge is -2.13. The van der Waals surface area contributed by atoms with Crippen molar-refractivity contribution in [3.8, 4) is 5.69 Å². The van der Waals surface area contributed by atoms with Gasteiger partial charge in [0.2, 0.25) is 0 Å². The number of halogens is 1. The molecule has 0 spiro atoms. The summed E-state index contributed by atoms with van der Waals surface area (Å²) in [6, 6.07) is 8.93. The van der Waals surface area contributed by atoms with Crippen molar-refractivity contribution in [1.82, 2.24) is 4.57 Å². The number of aromatic nitrogens is 1. The number of carbonyl (C=O) groups is 1. The molecule has 2 rings (SSSR count). The molecule has 4 heteroatoms. The number of nitrogens with two attached hydrogens (primary N) is 1. The Morgan fingerprint density at radius 2 is 2.00 bits per heavy atom. The van der Waals surface area contributed by atoms with Crippen LogP contribution in [0.1, 0.15) is 27.3 Å². The number of amides is 1. The molecule has 18 heavy (non-hydrogen) atoms. The predicted molar refractivity (Wildman–Crippen MR) is 68.6 cm³/mol. The van der Waals surface area contributed by atoms with Crippen molar-refractivity contribution in [2.45, 2.75) is 20.5 Å². The Bertz CT molecular complexity index is 602. The number of hydrogen-bond acceptors (Lipinski definition) is 1. The number of para-hydroxylation sites is 1. The highest BCUT2D eigenvalue weighted by Crippen LogP contribution is 2.23. The van der Waals surface area contributed by atoms with Crippen LogP contribution in [0, 0.1) is 13.8 Å². The van der Waals surface area contributed by atoms with Crippen molar-refractivity contribution >= 4 is 5.91 Å². The van der Waals surface area contributed by atoms with Gasteiger partial charge in [-0.1, -0.05) is 18.2 Å². The van der Waals surface area contributed by atoms with Crippen LogP contribution in [0.4, 0.5) is 4.39 Å². The van der Waals surface area contributed by atoms with Gasteiger partial charge in [-0.05, 0) is 26.0 Å². The number of carbonyl (C=O) groups excluding carboxylic acids is 1. The molecule has 1 amide bonds. The molecule has 1 aromatic carbocycles. The fourth-order valence-electron chi connectivity index (χ4n) is 2.22. The molecule has 0 saturated carbocycles. The molecule has 0 saturated heterocycles. The zero-order valence-corrected chi connectivity index (χ0v) is 10.4. The van der Waals surface area contributed by atoms with Gasteiger partial charge in [0.05, 0.1) is 11.3 Å². The predicted octanol–water partition coefficient (Wildman–Crippen LogP) is 2.66. The Kier molecular flexibility index (Phi) is 3.19. The van der Waals surface area contributed by atoms with Crippen LogP contribution in [-0.2, 0) is 6.67 Å². The third kappa shape index (κ3) is 1.90. The van der Waals surface area contributed by atoms with Gasteiger partial charge in [0, 0.05) is 17.0 Å². The minimum atomic E-state index is -0.543. The van der Waals surface area contributed by atoms with E-state index in [9.17, 15) is 9.18 Å². The molecule has 0 atom stereocenters. The van der Waals surface area contributed by atoms with E-state index in [1.165, 1.54) is 0 Å². The fourth-order valence-corrected chi connectivity index (χ4v) is 2.22. The van der Waals surface area contributed by atoms with Crippen molar-refractivity contribution in [3.63, 3.8) is 0 Å². The molecule has 2 aromatic rings. The summed E-state index contributed by atoms with van der Waals surface area (Å²) >= 11 is 0. The number of rotatable bonds is 3. The van der Waals surface area contributed by atoms with E-state index in [0.29, 0.717) is 11.1 Å². The maximum atomic E-state index is 13.0. The van der Waals surface area contributed by atoms with Gasteiger partial charge in [-0.15, -0.1) is 0 Å². The molecule has 94 valence electrons. The molecular formula is C14H15FN2O. The van der Waals surface area contributed by atoms with Gasteiger partial charge < -0.3 is 10.3 Å². The number of benzene rings is 1. The summed E-state index contributed by atoms with van der Waals surface area (Å²) in [7, 11) is 0. The second kappa shape index (κ2) is 4.64. The highest BCUT2D eigenvalue weighted by atomic mass is 19.1. The summed E-state index contributed by atoms with van der Waals surface area (Å²) in [5.74, 6) is -0.466. The number of hydrogen-bond donors (Lipinski definition) is 1. The van der Waals surface area contributed by atoms with Crippen LogP contribution >= 0.6 is 0 Å². The Labute approximate surface area is 105 Å². The van der Waals surface area contributed by atoms with Gasteiger partial charge in [0.15, 0.2) is 0 Å². The molecule has 0 aliphatic rings. The highest BCUT2D eigenvalue weighted by Gasteiger charge is 2.15. The Hall–Kier alpha value is -2.10. The quantitative estimate of drug-likeness (QED) is 0.889. The zero-order valence-electron chi connectivity index (χ0n) is 10.4. The maximum Gasteiger partial charge on any atom is 0.250 e. The normalized spacial score (nSPS) is 10.6. The second-order valence-corrected chi connectivity index (χ2v) is 4.25. The molecule has 0 aliphatic heterocycles. The van der Waals surface area contributed by atoms with Gasteiger partial charge in [0.25, 0.3) is 5.91 Å². The third-order valence-corrected chi connectivity index (χ3v) is 3.07. The van der Waals surface area contributed by atoms with E-state index in [4.69, 9.17) is 5.73 Å². The van der Waals surface area contributed by atoms with Gasteiger partial charge >= 0.3 is 0 Å². The summed E-state index contributed by atoms with van der Waals surface area (Å²) in [6.45, 7) is 3.13. The number of aryl methyl sites for hydroxylation is 1. The van der Waals surface area contributed by atoms with E-state index in [1.54, 1.807) is 18.2 Å². The van der Waals surface area contributed by atoms with Gasteiger partial charge in [0.1, 0.15) is 6.67 Å². The number of alkyl halides is 1. The zero-order chi connectivity index (χ0) is 13.3. The standard InChI is InChI=1S/C14H15FN2O/c1-9-7-12(14(16)18)10(2)17(9)13-6-4-3-5-11(13)8-15/h3-7H,8H2,1-2H3,(H2,16,18). The first-order valence-corrected chi connectivity index (χ1v) is 5.69. The third-order valence-electron chi connectivity index (χ3n) is 3.07. The van der Waals surface area contributed by atoms with Gasteiger partial charge in [-0.25, -0.2) is 4.39 Å². The van der Waals surface area contributed by atoms with Crippen LogP contribution in [0.3, 0.4) is 0 Å². The first kappa shape index (κ1) is 12.4. The summed E-state index contributed by atoms with van der Waals surface area (Å²) in [4.78, 5) is 11.3. The molecule has 0 bridgehead atoms. The van der Waals surface area contributed by atoms with E-state index in [1.807, 2.05) is 30.5 Å². The summed E-state index contributed by atoms with van der Waals surface area (Å²) < 4.78 is 14.9. The Balaban J connectivity index is 2.68. The molecule has 3 nitrogen and oxygen atoms in total. The molecule has 2 N–H and O–H groups in total. The lowest BCUT2D eigenvalue weighted by atomic mass is 10.2. The first-order chi connectivity index (χ1) is 8.56. The first-order valence-electron chi connectivity index (χ1n) is 5.69. The fraction of sp³-hybridized carbons (Fsp3) is 0.214. The monoisotopic (exact) mass is 246 g/mol. The number of primary amides is 1. The lowest BCUT2D eigenvalue weighted by molar-refractivity contribution is 0.0999. The molecule has 1 heterocycles. The lowest BCUT2D eigenvalue weighted by Crippen LogP contribution is -2.12. The van der Waals surface area contributed by atoms with Crippen molar-refractivity contribution in [1.29, 1.82) is 0 Å². The van der Waals surface area contributed by atoms with E-state index >= 15 is 0 Å². The highest BCUT2D eigenvalue weighted by molar-refractivity contribution is 5.94. The topological polar surface area (TPSA) is 48.0 Å². The second-order valence-electron chi connectivity index (χ2n) is 4.25. The average Bonchev–Trinajstić information content (AvgIpc) is 2.65. The SMILES string of the molecule is Cc1cc(C(N)=O)c(C)n1-c1ccccc1CF. The van der Waals surface area contributed by atoms with Crippen molar-refractivity contribution in [2.75, 3.05) is 0 Å². The Morgan fingerprint density at radius 3 is 2.56 bits per heavy atom. The van der Waals surface area contributed by atoms with E-state index in [-0.39, 0.29) is 0 Å². The molecule has 1 aromatic heterocycles. The average molecular weight is 246 g/mol. The smallest absolute Gasteiger partial charge is 0.250 e. The molecular weight excluding hydrogens is 231 g/mol. The number of nitrogens with zero attached hydrogens (tertiary/aromatic N) is 1. The maximum absolute atomic E-state index is 13.0. The minimum absolute atomic E-state index is 0.466. The molecule has 0 radical (unpaired) electrons. The van der Waals surface area contributed by atoms with Crippen LogP contribution in [0.25, 0.3) is 5.69 Å².